The van der Waals surface area contributed by atoms with Crippen LogP contribution in [0.15, 0.2) is 105 Å². The Labute approximate surface area is 693 Å². The largest absolute Gasteiger partial charge is 0.487 e. The topological polar surface area (TPSA) is 321 Å². The Balaban J connectivity index is 0.000000191. The van der Waals surface area contributed by atoms with Crippen LogP contribution in [-0.4, -0.2) is 246 Å². The van der Waals surface area contributed by atoms with Crippen LogP contribution in [0.5, 0.6) is 23.0 Å². The van der Waals surface area contributed by atoms with Crippen LogP contribution in [0, 0.1) is 46.3 Å². The summed E-state index contributed by atoms with van der Waals surface area (Å²) >= 11 is 0. The van der Waals surface area contributed by atoms with Crippen LogP contribution in [0.3, 0.4) is 0 Å². The summed E-state index contributed by atoms with van der Waals surface area (Å²) in [6, 6.07) is 8.24. The highest BCUT2D eigenvalue weighted by atomic mass is 16.6. The molecule has 5 aliphatic heterocycles. The maximum atomic E-state index is 14.8. The molecule has 6 amide bonds. The van der Waals surface area contributed by atoms with Crippen molar-refractivity contribution in [1.29, 1.82) is 0 Å². The van der Waals surface area contributed by atoms with Gasteiger partial charge in [-0.3, -0.25) is 4.90 Å². The number of urea groups is 3. The Hall–Kier alpha value is -6.25. The third-order valence-electron chi connectivity index (χ3n) is 26.0. The number of hydrogen-bond donors (Lipinski definition) is 6. The van der Waals surface area contributed by atoms with Crippen LogP contribution in [0.25, 0.3) is 0 Å². The Morgan fingerprint density at radius 1 is 0.530 bits per heavy atom. The molecular weight excluding hydrogens is 1500 g/mol. The van der Waals surface area contributed by atoms with Gasteiger partial charge in [-0.1, -0.05) is 99.6 Å². The predicted octanol–water partition coefficient (Wildman–Crippen LogP) is 13.6. The second-order valence-electron chi connectivity index (χ2n) is 35.5. The standard InChI is InChI=1S/C45H69N3O10.C27H44O3.C18H23N3O8/c1-31(7-5-13-44(2,3)52)37-10-11-38-32(8-6-14-45(37,38)4)25-39-35-27-34(49)28-40(50)36(35)29-46-30-47(43(51)48(39)46)33-9-12-41-42(26-33)58-24-22-56-20-18-54-16-15-53-17-19-55-21-23-57-41;1-18(8-6-14-26(3,4)30)23-12-13-24-20(9-7-15-27(23,24)5)10-11-21-16-22(28)17-25(29)19(21)2;22-17-19-20-18(23)21(17)14-1-2-15-16(13-14)29-12-10-27-8-6-25-4-3-24-5-7-26-9-11-28-15/h9,12,25-26,31,34,37-40,49-50,52H,5-8,10-11,13-24,27-30H2,1-4H3;10-11,18,22-25,28-30H,2,6-9,12-17H2,1,3-5H3;1-2,13H,3-12H2/b;20-10+,21-11-;/t31-,34-,37-,38?,39?,40+,45-;18-,22-,23-,24?,25+,27-;/m11./s1. The summed E-state index contributed by atoms with van der Waals surface area (Å²) in [5.74, 6) is 5.58. The number of aliphatic hydroxyl groups excluding tert-OH is 4. The maximum Gasteiger partial charge on any atom is 0.375 e. The van der Waals surface area contributed by atoms with E-state index in [2.05, 4.69) is 67.7 Å². The lowest BCUT2D eigenvalue weighted by molar-refractivity contribution is -0.00841. The fraction of sp³-hybridized carbons (Fsp3) is 0.722. The molecule has 3 unspecified atom stereocenters. The number of hydrazine groups is 1. The lowest BCUT2D eigenvalue weighted by Crippen LogP contribution is -2.54. The van der Waals surface area contributed by atoms with E-state index >= 15 is 0 Å². The molecule has 0 aromatic heterocycles. The minimum Gasteiger partial charge on any atom is -0.487 e. The van der Waals surface area contributed by atoms with Gasteiger partial charge in [0.1, 0.15) is 26.4 Å². The number of carbonyl (C=O) groups is 3. The molecule has 27 nitrogen and oxygen atoms in total. The minimum absolute atomic E-state index is 0.147. The number of allylic oxidation sites excluding steroid dienone is 4. The molecule has 2 aromatic carbocycles. The molecule has 652 valence electrons. The van der Waals surface area contributed by atoms with Gasteiger partial charge in [-0.25, -0.2) is 24.3 Å². The summed E-state index contributed by atoms with van der Waals surface area (Å²) in [6.07, 6.45) is 24.1. The van der Waals surface area contributed by atoms with E-state index in [1.54, 1.807) is 22.6 Å². The number of hydrogen-bond acceptors (Lipinski definition) is 22. The zero-order chi connectivity index (χ0) is 83.3. The van der Waals surface area contributed by atoms with Gasteiger partial charge in [0, 0.05) is 31.5 Å². The third-order valence-corrected chi connectivity index (χ3v) is 26.0. The monoisotopic (exact) mass is 1640 g/mol. The van der Waals surface area contributed by atoms with E-state index in [9.17, 15) is 45.0 Å². The van der Waals surface area contributed by atoms with Gasteiger partial charge in [0.2, 0.25) is 0 Å². The van der Waals surface area contributed by atoms with Crippen molar-refractivity contribution < 1.29 is 102 Å². The SMILES string of the molecule is C=C1/C(=C\C=C2/CCC[C@@]3(C)C2CC[C@@H]3[C@H](C)CCCC(C)(C)O)C[C@@H](O)C[C@@H]1O.C[C@H](CCCC(C)(C)O)[C@H]1CCC2C(=CC3C4=C(CN5CN(c6ccc7c(c6)OCCOCCOCCOCCOCCO7)C(=O)N35)[C@@H](O)C[C@H](O)C4)CCC[C@@]21C.O=C1N=NC(=O)N1c1ccc2c(c1)OCCOCCOCCOCCOCCO2. The van der Waals surface area contributed by atoms with Crippen LogP contribution in [0.2, 0.25) is 0 Å². The van der Waals surface area contributed by atoms with Gasteiger partial charge in [0.05, 0.1) is 165 Å². The normalized spacial score (nSPS) is 31.0. The van der Waals surface area contributed by atoms with Crippen molar-refractivity contribution in [1.82, 2.24) is 10.0 Å². The number of benzene rings is 2. The molecule has 5 heterocycles. The molecular formula is C90H136N6O21. The molecule has 11 aliphatic rings. The average Bonchev–Trinajstić information content (AvgIpc) is 1.61. The predicted molar refractivity (Wildman–Crippen MR) is 442 cm³/mol. The Kier molecular flexibility index (Phi) is 34.0. The summed E-state index contributed by atoms with van der Waals surface area (Å²) in [5.41, 5.74) is 6.99. The van der Waals surface area contributed by atoms with E-state index in [1.807, 2.05) is 50.9 Å². The number of nitrogens with zero attached hydrogens (tertiary/aromatic N) is 6. The van der Waals surface area contributed by atoms with E-state index < -0.39 is 53.7 Å². The summed E-state index contributed by atoms with van der Waals surface area (Å²) in [4.78, 5) is 40.9. The quantitative estimate of drug-likeness (QED) is 0.0957. The first-order valence-electron chi connectivity index (χ1n) is 43.4. The first-order chi connectivity index (χ1) is 56.2. The number of anilines is 2. The lowest BCUT2D eigenvalue weighted by atomic mass is 9.60. The van der Waals surface area contributed by atoms with Crippen LogP contribution in [0.4, 0.5) is 25.8 Å². The molecule has 0 bridgehead atoms. The first-order valence-corrected chi connectivity index (χ1v) is 43.4. The average molecular weight is 1640 g/mol. The van der Waals surface area contributed by atoms with Gasteiger partial charge >= 0.3 is 18.1 Å². The second-order valence-corrected chi connectivity index (χ2v) is 35.5. The van der Waals surface area contributed by atoms with Crippen molar-refractivity contribution in [2.75, 3.05) is 155 Å². The molecule has 6 fully saturated rings. The molecule has 6 N–H and O–H groups in total. The molecule has 117 heavy (non-hydrogen) atoms. The number of aliphatic hydroxyl groups is 6. The van der Waals surface area contributed by atoms with Crippen molar-refractivity contribution in [2.24, 2.45) is 56.6 Å². The van der Waals surface area contributed by atoms with E-state index in [0.717, 1.165) is 84.5 Å². The van der Waals surface area contributed by atoms with Crippen molar-refractivity contribution in [3.05, 3.63) is 94.6 Å². The highest BCUT2D eigenvalue weighted by Gasteiger charge is 2.54. The van der Waals surface area contributed by atoms with Crippen LogP contribution < -0.4 is 28.7 Å². The summed E-state index contributed by atoms with van der Waals surface area (Å²) in [5, 5.41) is 73.3. The fourth-order valence-electron chi connectivity index (χ4n) is 20.1. The van der Waals surface area contributed by atoms with E-state index in [1.165, 1.54) is 63.0 Å². The van der Waals surface area contributed by atoms with Crippen LogP contribution in [0.1, 0.15) is 184 Å². The van der Waals surface area contributed by atoms with Crippen molar-refractivity contribution in [3.8, 4) is 23.0 Å². The highest BCUT2D eigenvalue weighted by molar-refractivity contribution is 6.17. The molecule has 13 atom stereocenters. The number of amides is 6. The second kappa shape index (κ2) is 43.5. The number of carbonyl (C=O) groups excluding carboxylic acids is 3. The molecule has 13 rings (SSSR count). The number of fused-ring (bicyclic) bond motifs is 5. The van der Waals surface area contributed by atoms with E-state index in [-0.39, 0.29) is 23.7 Å². The number of ether oxygens (including phenoxy) is 12. The Morgan fingerprint density at radius 3 is 1.43 bits per heavy atom. The van der Waals surface area contributed by atoms with Gasteiger partial charge in [0.15, 0.2) is 23.0 Å². The molecule has 6 aliphatic carbocycles. The number of azo groups is 1. The molecule has 5 saturated carbocycles. The van der Waals surface area contributed by atoms with Crippen LogP contribution >= 0.6 is 0 Å². The maximum absolute atomic E-state index is 14.8. The fourth-order valence-corrected chi connectivity index (χ4v) is 20.1. The molecule has 27 heteroatoms. The highest BCUT2D eigenvalue weighted by Crippen LogP contribution is 2.62. The Morgan fingerprint density at radius 2 is 0.949 bits per heavy atom. The smallest absolute Gasteiger partial charge is 0.375 e. The third kappa shape index (κ3) is 25.0. The molecule has 2 aromatic rings. The summed E-state index contributed by atoms with van der Waals surface area (Å²) in [6.45, 7) is 30.5. The van der Waals surface area contributed by atoms with Gasteiger partial charge < -0.3 is 87.5 Å². The molecule has 1 saturated heterocycles. The zero-order valence-electron chi connectivity index (χ0n) is 70.9. The summed E-state index contributed by atoms with van der Waals surface area (Å²) < 4.78 is 68.0. The van der Waals surface area contributed by atoms with E-state index in [0.29, 0.717) is 228 Å². The van der Waals surface area contributed by atoms with Crippen molar-refractivity contribution >= 4 is 29.5 Å². The first kappa shape index (κ1) is 91.5. The number of imide groups is 1. The zero-order valence-corrected chi connectivity index (χ0v) is 70.9. The van der Waals surface area contributed by atoms with E-state index in [4.69, 9.17) is 56.8 Å². The lowest BCUT2D eigenvalue weighted by Gasteiger charge is -2.47. The van der Waals surface area contributed by atoms with Crippen molar-refractivity contribution in [3.63, 3.8) is 0 Å². The molecule has 0 radical (unpaired) electrons. The van der Waals surface area contributed by atoms with Gasteiger partial charge in [0.25, 0.3) is 0 Å². The van der Waals surface area contributed by atoms with Gasteiger partial charge in [-0.15, -0.1) is 0 Å². The number of rotatable bonds is 14. The summed E-state index contributed by atoms with van der Waals surface area (Å²) in [7, 11) is 0. The van der Waals surface area contributed by atoms with Gasteiger partial charge in [-0.2, -0.15) is 5.01 Å². The minimum atomic E-state index is -0.757. The molecule has 0 spiro atoms. The van der Waals surface area contributed by atoms with Crippen LogP contribution in [-0.2, 0) is 37.9 Å². The Bertz CT molecular complexity index is 3720. The van der Waals surface area contributed by atoms with Gasteiger partial charge in [-0.05, 0) is 210 Å². The van der Waals surface area contributed by atoms with Crippen molar-refractivity contribution in [2.45, 2.75) is 225 Å².